The number of nitrogens with zero attached hydrogens (tertiary/aromatic N) is 3. The van der Waals surface area contributed by atoms with Gasteiger partial charge in [-0.2, -0.15) is 0 Å². The van der Waals surface area contributed by atoms with Gasteiger partial charge in [0.25, 0.3) is 0 Å². The summed E-state index contributed by atoms with van der Waals surface area (Å²) in [6, 6.07) is 7.99. The lowest BCUT2D eigenvalue weighted by Gasteiger charge is -2.34. The highest BCUT2D eigenvalue weighted by Crippen LogP contribution is 2.28. The van der Waals surface area contributed by atoms with Gasteiger partial charge in [0, 0.05) is 12.1 Å². The minimum absolute atomic E-state index is 0.0241. The molecule has 2 aromatic rings. The van der Waals surface area contributed by atoms with E-state index in [9.17, 15) is 4.79 Å². The fourth-order valence-electron chi connectivity index (χ4n) is 3.18. The lowest BCUT2D eigenvalue weighted by Crippen LogP contribution is -2.40. The number of piperidine rings is 1. The highest BCUT2D eigenvalue weighted by molar-refractivity contribution is 5.72. The molecule has 0 radical (unpaired) electrons. The minimum Gasteiger partial charge on any atom is -0.466 e. The van der Waals surface area contributed by atoms with Crippen LogP contribution in [0.25, 0.3) is 11.5 Å². The third-order valence-corrected chi connectivity index (χ3v) is 4.72. The fraction of sp³-hybridized carbons (Fsp3) is 0.526. The lowest BCUT2D eigenvalue weighted by molar-refractivity contribution is -0.150. The highest BCUT2D eigenvalue weighted by Gasteiger charge is 2.31. The molecule has 25 heavy (non-hydrogen) atoms. The third-order valence-electron chi connectivity index (χ3n) is 4.72. The number of ether oxygens (including phenoxy) is 1. The van der Waals surface area contributed by atoms with Crippen LogP contribution in [-0.4, -0.2) is 40.8 Å². The van der Waals surface area contributed by atoms with E-state index in [-0.39, 0.29) is 17.9 Å². The Hall–Kier alpha value is -2.21. The number of hydrogen-bond donors (Lipinski definition) is 0. The van der Waals surface area contributed by atoms with Crippen molar-refractivity contribution in [3.8, 4) is 11.5 Å². The molecule has 1 fully saturated rings. The summed E-state index contributed by atoms with van der Waals surface area (Å²) in [6.07, 6.45) is 1.84. The van der Waals surface area contributed by atoms with E-state index in [1.807, 2.05) is 45.0 Å². The number of likely N-dealkylation sites (tertiary alicyclic amines) is 1. The first-order valence-corrected chi connectivity index (χ1v) is 8.89. The molecule has 2 unspecified atom stereocenters. The number of aryl methyl sites for hydroxylation is 1. The smallest absolute Gasteiger partial charge is 0.310 e. The topological polar surface area (TPSA) is 68.5 Å². The molecule has 0 aliphatic carbocycles. The number of carbonyl (C=O) groups is 1. The Kier molecular flexibility index (Phi) is 5.48. The second-order valence-electron chi connectivity index (χ2n) is 6.57. The monoisotopic (exact) mass is 343 g/mol. The Balaban J connectivity index is 1.69. The molecule has 1 saturated heterocycles. The van der Waals surface area contributed by atoms with Crippen molar-refractivity contribution < 1.29 is 13.9 Å². The summed E-state index contributed by atoms with van der Waals surface area (Å²) in [5, 5.41) is 8.40. The molecule has 6 heteroatoms. The quantitative estimate of drug-likeness (QED) is 0.775. The molecular weight excluding hydrogens is 318 g/mol. The Labute approximate surface area is 148 Å². The van der Waals surface area contributed by atoms with Crippen LogP contribution >= 0.6 is 0 Å². The normalized spacial score (nSPS) is 19.6. The number of hydrogen-bond acceptors (Lipinski definition) is 6. The summed E-state index contributed by atoms with van der Waals surface area (Å²) in [5.41, 5.74) is 2.11. The van der Waals surface area contributed by atoms with Gasteiger partial charge in [0.2, 0.25) is 11.8 Å². The van der Waals surface area contributed by atoms with E-state index in [1.54, 1.807) is 0 Å². The zero-order valence-electron chi connectivity index (χ0n) is 15.1. The first-order valence-electron chi connectivity index (χ1n) is 8.89. The van der Waals surface area contributed by atoms with Gasteiger partial charge in [-0.15, -0.1) is 10.2 Å². The average molecular weight is 343 g/mol. The summed E-state index contributed by atoms with van der Waals surface area (Å²) in [6.45, 7) is 7.93. The maximum Gasteiger partial charge on any atom is 0.310 e. The predicted molar refractivity (Wildman–Crippen MR) is 93.8 cm³/mol. The summed E-state index contributed by atoms with van der Waals surface area (Å²) in [5.74, 6) is 0.932. The standard InChI is InChI=1S/C19H25N3O3/c1-4-24-19(23)16-6-5-11-22(12-16)14(3)17-20-21-18(25-17)15-9-7-13(2)8-10-15/h7-10,14,16H,4-6,11-12H2,1-3H3. The molecular formula is C19H25N3O3. The summed E-state index contributed by atoms with van der Waals surface area (Å²) < 4.78 is 11.1. The average Bonchev–Trinajstić information content (AvgIpc) is 3.12. The van der Waals surface area contributed by atoms with Gasteiger partial charge in [-0.3, -0.25) is 9.69 Å². The Morgan fingerprint density at radius 2 is 2.12 bits per heavy atom. The van der Waals surface area contributed by atoms with Gasteiger partial charge in [-0.05, 0) is 52.3 Å². The minimum atomic E-state index is -0.106. The number of esters is 1. The van der Waals surface area contributed by atoms with E-state index in [1.165, 1.54) is 5.56 Å². The van der Waals surface area contributed by atoms with Crippen molar-refractivity contribution in [3.63, 3.8) is 0 Å². The van der Waals surface area contributed by atoms with E-state index in [0.717, 1.165) is 24.9 Å². The molecule has 2 heterocycles. The molecule has 2 atom stereocenters. The maximum atomic E-state index is 12.0. The molecule has 134 valence electrons. The van der Waals surface area contributed by atoms with Crippen LogP contribution in [-0.2, 0) is 9.53 Å². The van der Waals surface area contributed by atoms with Gasteiger partial charge in [0.1, 0.15) is 0 Å². The van der Waals surface area contributed by atoms with Crippen LogP contribution in [0.15, 0.2) is 28.7 Å². The van der Waals surface area contributed by atoms with Crippen molar-refractivity contribution >= 4 is 5.97 Å². The van der Waals surface area contributed by atoms with Crippen LogP contribution in [0, 0.1) is 12.8 Å². The Morgan fingerprint density at radius 1 is 1.36 bits per heavy atom. The van der Waals surface area contributed by atoms with Crippen molar-refractivity contribution in [3.05, 3.63) is 35.7 Å². The molecule has 1 aromatic heterocycles. The number of benzene rings is 1. The van der Waals surface area contributed by atoms with Crippen LogP contribution in [0.1, 0.15) is 44.2 Å². The largest absolute Gasteiger partial charge is 0.466 e. The summed E-state index contributed by atoms with van der Waals surface area (Å²) in [4.78, 5) is 14.2. The maximum absolute atomic E-state index is 12.0. The molecule has 0 saturated carbocycles. The van der Waals surface area contributed by atoms with Crippen LogP contribution in [0.4, 0.5) is 0 Å². The van der Waals surface area contributed by atoms with Crippen molar-refractivity contribution in [1.82, 2.24) is 15.1 Å². The van der Waals surface area contributed by atoms with Gasteiger partial charge in [-0.1, -0.05) is 17.7 Å². The Bertz CT molecular complexity index is 711. The SMILES string of the molecule is CCOC(=O)C1CCCN(C(C)c2nnc(-c3ccc(C)cc3)o2)C1. The summed E-state index contributed by atoms with van der Waals surface area (Å²) >= 11 is 0. The molecule has 0 bridgehead atoms. The predicted octanol–water partition coefficient (Wildman–Crippen LogP) is 3.38. The van der Waals surface area contributed by atoms with Crippen molar-refractivity contribution in [2.45, 2.75) is 39.7 Å². The number of carbonyl (C=O) groups excluding carboxylic acids is 1. The van der Waals surface area contributed by atoms with Crippen LogP contribution in [0.2, 0.25) is 0 Å². The van der Waals surface area contributed by atoms with E-state index in [2.05, 4.69) is 15.1 Å². The summed E-state index contributed by atoms with van der Waals surface area (Å²) in [7, 11) is 0. The first kappa shape index (κ1) is 17.6. The van der Waals surface area contributed by atoms with Crippen molar-refractivity contribution in [2.75, 3.05) is 19.7 Å². The van der Waals surface area contributed by atoms with Crippen molar-refractivity contribution in [2.24, 2.45) is 5.92 Å². The van der Waals surface area contributed by atoms with E-state index < -0.39 is 0 Å². The highest BCUT2D eigenvalue weighted by atomic mass is 16.5. The van der Waals surface area contributed by atoms with E-state index >= 15 is 0 Å². The van der Waals surface area contributed by atoms with Gasteiger partial charge in [-0.25, -0.2) is 0 Å². The van der Waals surface area contributed by atoms with Crippen LogP contribution in [0.3, 0.4) is 0 Å². The molecule has 0 N–H and O–H groups in total. The van der Waals surface area contributed by atoms with Crippen LogP contribution in [0.5, 0.6) is 0 Å². The number of aromatic nitrogens is 2. The fourth-order valence-corrected chi connectivity index (χ4v) is 3.18. The molecule has 6 nitrogen and oxygen atoms in total. The molecule has 1 aliphatic rings. The molecule has 3 rings (SSSR count). The molecule has 1 aliphatic heterocycles. The molecule has 1 aromatic carbocycles. The van der Waals surface area contributed by atoms with Gasteiger partial charge in [0.15, 0.2) is 0 Å². The molecule has 0 spiro atoms. The van der Waals surface area contributed by atoms with Crippen LogP contribution < -0.4 is 0 Å². The van der Waals surface area contributed by atoms with E-state index in [4.69, 9.17) is 9.15 Å². The van der Waals surface area contributed by atoms with E-state index in [0.29, 0.717) is 24.9 Å². The second-order valence-corrected chi connectivity index (χ2v) is 6.57. The second kappa shape index (κ2) is 7.78. The molecule has 0 amide bonds. The van der Waals surface area contributed by atoms with Crippen molar-refractivity contribution in [1.29, 1.82) is 0 Å². The van der Waals surface area contributed by atoms with Gasteiger partial charge in [0.05, 0.1) is 18.6 Å². The zero-order chi connectivity index (χ0) is 17.8. The third kappa shape index (κ3) is 4.07. The van der Waals surface area contributed by atoms with Gasteiger partial charge < -0.3 is 9.15 Å². The first-order chi connectivity index (χ1) is 12.1. The Morgan fingerprint density at radius 3 is 2.84 bits per heavy atom. The lowest BCUT2D eigenvalue weighted by atomic mass is 9.97. The van der Waals surface area contributed by atoms with Gasteiger partial charge >= 0.3 is 5.97 Å². The zero-order valence-corrected chi connectivity index (χ0v) is 15.1. The number of rotatable bonds is 5.